The van der Waals surface area contributed by atoms with Crippen LogP contribution in [-0.4, -0.2) is 0 Å². The highest BCUT2D eigenvalue weighted by atomic mass is 16.1. The summed E-state index contributed by atoms with van der Waals surface area (Å²) in [5.41, 5.74) is 1.97. The van der Waals surface area contributed by atoms with Gasteiger partial charge in [-0.2, -0.15) is 0 Å². The molecule has 26 heavy (non-hydrogen) atoms. The second-order valence-corrected chi connectivity index (χ2v) is 6.44. The first-order chi connectivity index (χ1) is 12.8. The fourth-order valence-corrected chi connectivity index (χ4v) is 4.32. The van der Waals surface area contributed by atoms with Gasteiger partial charge in [0.15, 0.2) is 10.9 Å². The first-order valence-electron chi connectivity index (χ1n) is 8.97. The first kappa shape index (κ1) is 15.0. The van der Waals surface area contributed by atoms with Gasteiger partial charge in [0.2, 0.25) is 0 Å². The summed E-state index contributed by atoms with van der Waals surface area (Å²) < 4.78 is 0. The van der Waals surface area contributed by atoms with Crippen LogP contribution in [0.4, 0.5) is 0 Å². The van der Waals surface area contributed by atoms with Gasteiger partial charge in [0.25, 0.3) is 0 Å². The minimum atomic E-state index is 0.0475. The molecule has 124 valence electrons. The quantitative estimate of drug-likeness (QED) is 0.272. The number of hydrogen-bond acceptors (Lipinski definition) is 2. The van der Waals surface area contributed by atoms with Crippen molar-refractivity contribution < 1.29 is 0 Å². The minimum absolute atomic E-state index is 0.0475. The monoisotopic (exact) mass is 336 g/mol. The van der Waals surface area contributed by atoms with Crippen LogP contribution in [0.1, 0.15) is 13.8 Å². The Bertz CT molecular complexity index is 1360. The molecule has 0 radical (unpaired) electrons. The fourth-order valence-electron chi connectivity index (χ4n) is 4.32. The van der Waals surface area contributed by atoms with E-state index in [0.717, 1.165) is 32.7 Å². The van der Waals surface area contributed by atoms with Crippen molar-refractivity contribution in [3.63, 3.8) is 0 Å². The first-order valence-corrected chi connectivity index (χ1v) is 8.97. The lowest BCUT2D eigenvalue weighted by Crippen LogP contribution is -2.12. The number of benzene rings is 6. The van der Waals surface area contributed by atoms with Crippen molar-refractivity contribution in [3.8, 4) is 11.1 Å². The smallest absolute Gasteiger partial charge is 0.194 e. The van der Waals surface area contributed by atoms with Gasteiger partial charge in [-0.3, -0.25) is 9.59 Å². The maximum Gasteiger partial charge on any atom is 0.194 e. The van der Waals surface area contributed by atoms with Crippen LogP contribution in [0, 0.1) is 0 Å². The summed E-state index contributed by atoms with van der Waals surface area (Å²) in [6, 6.07) is 19.2. The van der Waals surface area contributed by atoms with Crippen LogP contribution in [0.2, 0.25) is 0 Å². The van der Waals surface area contributed by atoms with E-state index in [9.17, 15) is 9.59 Å². The average molecular weight is 336 g/mol. The summed E-state index contributed by atoms with van der Waals surface area (Å²) in [6.07, 6.45) is 0. The second-order valence-electron chi connectivity index (χ2n) is 6.44. The summed E-state index contributed by atoms with van der Waals surface area (Å²) in [5.74, 6) is 0. The lowest BCUT2D eigenvalue weighted by molar-refractivity contribution is 1.50. The van der Waals surface area contributed by atoms with Crippen LogP contribution < -0.4 is 10.9 Å². The molecule has 0 spiro atoms. The molecule has 0 bridgehead atoms. The topological polar surface area (TPSA) is 34.1 Å². The van der Waals surface area contributed by atoms with Crippen molar-refractivity contribution in [2.45, 2.75) is 13.8 Å². The van der Waals surface area contributed by atoms with Crippen LogP contribution in [0.5, 0.6) is 0 Å². The Kier molecular flexibility index (Phi) is 2.96. The van der Waals surface area contributed by atoms with Crippen LogP contribution >= 0.6 is 0 Å². The van der Waals surface area contributed by atoms with E-state index in [1.54, 1.807) is 0 Å². The molecular formula is C24H16O2. The van der Waals surface area contributed by atoms with Gasteiger partial charge < -0.3 is 0 Å². The van der Waals surface area contributed by atoms with E-state index in [-0.39, 0.29) is 10.9 Å². The zero-order valence-corrected chi connectivity index (χ0v) is 14.6. The van der Waals surface area contributed by atoms with Gasteiger partial charge >= 0.3 is 0 Å². The largest absolute Gasteiger partial charge is 0.289 e. The van der Waals surface area contributed by atoms with E-state index in [4.69, 9.17) is 0 Å². The Labute approximate surface area is 149 Å². The summed E-state index contributed by atoms with van der Waals surface area (Å²) >= 11 is 0. The van der Waals surface area contributed by atoms with Crippen molar-refractivity contribution in [2.75, 3.05) is 0 Å². The molecule has 0 atom stereocenters. The second kappa shape index (κ2) is 5.12. The van der Waals surface area contributed by atoms with Gasteiger partial charge in [-0.05, 0) is 22.9 Å². The molecule has 0 saturated heterocycles. The highest BCUT2D eigenvalue weighted by molar-refractivity contribution is 6.28. The van der Waals surface area contributed by atoms with E-state index >= 15 is 0 Å². The molecule has 4 aromatic carbocycles. The zero-order valence-electron chi connectivity index (χ0n) is 14.6. The molecule has 6 rings (SSSR count). The molecule has 0 amide bonds. The Morgan fingerprint density at radius 3 is 1.35 bits per heavy atom. The van der Waals surface area contributed by atoms with Crippen LogP contribution in [0.15, 0.2) is 70.3 Å². The highest BCUT2D eigenvalue weighted by Gasteiger charge is 2.24. The average Bonchev–Trinajstić information content (AvgIpc) is 2.71. The van der Waals surface area contributed by atoms with E-state index < -0.39 is 0 Å². The van der Waals surface area contributed by atoms with Crippen LogP contribution in [0.25, 0.3) is 54.2 Å². The molecule has 0 saturated carbocycles. The normalized spacial score (nSPS) is 11.8. The molecule has 4 aromatic rings. The SMILES string of the molecule is CC.O=c1c2ccc3cccc4c(=O)c5ccc6cccc1c6c5-c2c34. The molecule has 2 aliphatic rings. The fraction of sp³-hybridized carbons (Fsp3) is 0.0833. The van der Waals surface area contributed by atoms with E-state index in [1.807, 2.05) is 74.5 Å². The highest BCUT2D eigenvalue weighted by Crippen LogP contribution is 2.44. The third-order valence-electron chi connectivity index (χ3n) is 5.32. The van der Waals surface area contributed by atoms with Gasteiger partial charge in [-0.15, -0.1) is 0 Å². The Balaban J connectivity index is 0.000000727. The van der Waals surface area contributed by atoms with Crippen molar-refractivity contribution >= 4 is 43.1 Å². The zero-order chi connectivity index (χ0) is 18.0. The third-order valence-corrected chi connectivity index (χ3v) is 5.32. The molecule has 2 heteroatoms. The van der Waals surface area contributed by atoms with Crippen molar-refractivity contribution in [1.82, 2.24) is 0 Å². The minimum Gasteiger partial charge on any atom is -0.289 e. The van der Waals surface area contributed by atoms with E-state index in [2.05, 4.69) is 0 Å². The molecule has 2 nitrogen and oxygen atoms in total. The van der Waals surface area contributed by atoms with Crippen molar-refractivity contribution in [1.29, 1.82) is 0 Å². The van der Waals surface area contributed by atoms with E-state index in [1.165, 1.54) is 0 Å². The Hall–Kier alpha value is -3.26. The maximum absolute atomic E-state index is 13.1. The molecule has 2 aliphatic carbocycles. The Morgan fingerprint density at radius 2 is 0.923 bits per heavy atom. The van der Waals surface area contributed by atoms with Crippen LogP contribution in [0.3, 0.4) is 0 Å². The number of rotatable bonds is 0. The van der Waals surface area contributed by atoms with Crippen molar-refractivity contribution in [2.24, 2.45) is 0 Å². The predicted octanol–water partition coefficient (Wildman–Crippen LogP) is 5.46. The molecule has 0 fully saturated rings. The molecule has 0 aromatic heterocycles. The van der Waals surface area contributed by atoms with Gasteiger partial charge in [0.05, 0.1) is 0 Å². The molecule has 0 aliphatic heterocycles. The van der Waals surface area contributed by atoms with Gasteiger partial charge in [0.1, 0.15) is 0 Å². The standard InChI is InChI=1S/C22H10O2.C2H6/c23-21-13-5-1-3-11-7-9-16-19(17(11)13)20-15(21)10-8-12-4-2-6-14(18(12)20)22(16)24;1-2/h1-10H;1-2H3. The summed E-state index contributed by atoms with van der Waals surface area (Å²) in [6.45, 7) is 4.00. The third kappa shape index (κ3) is 1.62. The van der Waals surface area contributed by atoms with Crippen molar-refractivity contribution in [3.05, 3.63) is 81.1 Å². The summed E-state index contributed by atoms with van der Waals surface area (Å²) in [4.78, 5) is 26.1. The molecule has 0 unspecified atom stereocenters. The van der Waals surface area contributed by atoms with E-state index in [0.29, 0.717) is 21.5 Å². The molecule has 0 N–H and O–H groups in total. The number of hydrogen-bond donors (Lipinski definition) is 0. The summed E-state index contributed by atoms with van der Waals surface area (Å²) in [5, 5.41) is 6.66. The van der Waals surface area contributed by atoms with Gasteiger partial charge in [0, 0.05) is 43.4 Å². The lowest BCUT2D eigenvalue weighted by Gasteiger charge is -2.20. The molecule has 0 heterocycles. The van der Waals surface area contributed by atoms with Gasteiger partial charge in [-0.25, -0.2) is 0 Å². The Morgan fingerprint density at radius 1 is 0.500 bits per heavy atom. The molecular weight excluding hydrogens is 320 g/mol. The maximum atomic E-state index is 13.1. The predicted molar refractivity (Wildman–Crippen MR) is 111 cm³/mol. The summed E-state index contributed by atoms with van der Waals surface area (Å²) in [7, 11) is 0. The van der Waals surface area contributed by atoms with Gasteiger partial charge in [-0.1, -0.05) is 62.4 Å². The van der Waals surface area contributed by atoms with Crippen LogP contribution in [-0.2, 0) is 0 Å². The lowest BCUT2D eigenvalue weighted by atomic mass is 9.81.